The van der Waals surface area contributed by atoms with Crippen LogP contribution in [0.2, 0.25) is 5.02 Å². The number of carbonyl (C=O) groups is 1. The van der Waals surface area contributed by atoms with E-state index in [0.29, 0.717) is 22.1 Å². The number of benzene rings is 2. The topological polar surface area (TPSA) is 101 Å². The van der Waals surface area contributed by atoms with E-state index in [9.17, 15) is 13.2 Å². The van der Waals surface area contributed by atoms with E-state index in [1.54, 1.807) is 44.2 Å². The van der Waals surface area contributed by atoms with Gasteiger partial charge in [0, 0.05) is 28.2 Å². The van der Waals surface area contributed by atoms with E-state index in [1.807, 2.05) is 6.07 Å². The number of hydrogen-bond donors (Lipinski definition) is 2. The van der Waals surface area contributed by atoms with Gasteiger partial charge in [-0.2, -0.15) is 0 Å². The molecule has 0 fully saturated rings. The van der Waals surface area contributed by atoms with Crippen molar-refractivity contribution in [2.75, 3.05) is 10.0 Å². The Bertz CT molecular complexity index is 1190. The van der Waals surface area contributed by atoms with Crippen LogP contribution < -0.4 is 10.0 Å². The summed E-state index contributed by atoms with van der Waals surface area (Å²) in [5.74, 6) is -0.344. The van der Waals surface area contributed by atoms with Gasteiger partial charge in [-0.05, 0) is 68.0 Å². The first-order valence-corrected chi connectivity index (χ1v) is 10.8. The van der Waals surface area contributed by atoms with E-state index < -0.39 is 10.0 Å². The van der Waals surface area contributed by atoms with Crippen LogP contribution in [0.25, 0.3) is 6.08 Å². The van der Waals surface area contributed by atoms with Gasteiger partial charge in [-0.1, -0.05) is 23.7 Å². The van der Waals surface area contributed by atoms with Crippen molar-refractivity contribution in [3.05, 3.63) is 82.6 Å². The number of anilines is 2. The van der Waals surface area contributed by atoms with Crippen molar-refractivity contribution in [1.29, 1.82) is 0 Å². The maximum Gasteiger partial charge on any atom is 0.264 e. The number of nitrogens with zero attached hydrogens (tertiary/aromatic N) is 2. The summed E-state index contributed by atoms with van der Waals surface area (Å²) in [5.41, 5.74) is 2.56. The number of aromatic nitrogens is 2. The van der Waals surface area contributed by atoms with Gasteiger partial charge in [0.1, 0.15) is 0 Å². The van der Waals surface area contributed by atoms with Gasteiger partial charge in [-0.3, -0.25) is 4.79 Å². The predicted molar refractivity (Wildman–Crippen MR) is 118 cm³/mol. The standard InChI is InChI=1S/C21H19ClN4O3S/c1-14-12-15(2)24-21(23-14)26-30(28,29)19-9-7-18(8-10-19)25-20(27)11-6-16-4-3-5-17(22)13-16/h3-13H,1-2H3,(H,25,27)(H,23,24,26)/b11-6+. The van der Waals surface area contributed by atoms with E-state index in [4.69, 9.17) is 11.6 Å². The normalized spacial score (nSPS) is 11.4. The summed E-state index contributed by atoms with van der Waals surface area (Å²) in [6.07, 6.45) is 3.00. The summed E-state index contributed by atoms with van der Waals surface area (Å²) in [6, 6.07) is 14.6. The molecule has 0 spiro atoms. The van der Waals surface area contributed by atoms with Crippen LogP contribution in [0, 0.1) is 13.8 Å². The average Bonchev–Trinajstić information content (AvgIpc) is 2.66. The fourth-order valence-electron chi connectivity index (χ4n) is 2.63. The summed E-state index contributed by atoms with van der Waals surface area (Å²) < 4.78 is 27.4. The Labute approximate surface area is 179 Å². The SMILES string of the molecule is Cc1cc(C)nc(NS(=O)(=O)c2ccc(NC(=O)/C=C/c3cccc(Cl)c3)cc2)n1. The molecule has 0 aliphatic rings. The molecule has 1 heterocycles. The van der Waals surface area contributed by atoms with Gasteiger partial charge in [-0.15, -0.1) is 0 Å². The largest absolute Gasteiger partial charge is 0.323 e. The molecule has 0 radical (unpaired) electrons. The molecular weight excluding hydrogens is 424 g/mol. The van der Waals surface area contributed by atoms with Gasteiger partial charge in [-0.25, -0.2) is 23.1 Å². The molecule has 3 aromatic rings. The van der Waals surface area contributed by atoms with E-state index in [-0.39, 0.29) is 16.8 Å². The van der Waals surface area contributed by atoms with Crippen molar-refractivity contribution < 1.29 is 13.2 Å². The third-order valence-corrected chi connectivity index (χ3v) is 5.50. The Kier molecular flexibility index (Phi) is 6.49. The summed E-state index contributed by atoms with van der Waals surface area (Å²) in [4.78, 5) is 20.3. The Hall–Kier alpha value is -3.23. The number of hydrogen-bond acceptors (Lipinski definition) is 5. The lowest BCUT2D eigenvalue weighted by Crippen LogP contribution is -2.16. The number of rotatable bonds is 6. The molecule has 1 amide bonds. The average molecular weight is 443 g/mol. The number of carbonyl (C=O) groups excluding carboxylic acids is 1. The molecule has 9 heteroatoms. The van der Waals surface area contributed by atoms with Crippen LogP contribution in [-0.2, 0) is 14.8 Å². The van der Waals surface area contributed by atoms with Crippen LogP contribution >= 0.6 is 11.6 Å². The molecule has 0 aliphatic heterocycles. The van der Waals surface area contributed by atoms with Crippen LogP contribution in [0.3, 0.4) is 0 Å². The van der Waals surface area contributed by atoms with Crippen molar-refractivity contribution in [3.8, 4) is 0 Å². The van der Waals surface area contributed by atoms with Gasteiger partial charge in [0.25, 0.3) is 10.0 Å². The molecule has 3 rings (SSSR count). The molecule has 30 heavy (non-hydrogen) atoms. The van der Waals surface area contributed by atoms with Crippen molar-refractivity contribution in [2.45, 2.75) is 18.7 Å². The molecule has 154 valence electrons. The van der Waals surface area contributed by atoms with E-state index in [1.165, 1.54) is 30.3 Å². The molecule has 1 aromatic heterocycles. The second-order valence-corrected chi connectivity index (χ2v) is 8.60. The molecule has 2 N–H and O–H groups in total. The lowest BCUT2D eigenvalue weighted by molar-refractivity contribution is -0.111. The third kappa shape index (κ3) is 5.88. The molecule has 0 atom stereocenters. The van der Waals surface area contributed by atoms with Gasteiger partial charge in [0.15, 0.2) is 0 Å². The Morgan fingerprint density at radius 2 is 1.67 bits per heavy atom. The predicted octanol–water partition coefficient (Wildman–Crippen LogP) is 4.20. The summed E-state index contributed by atoms with van der Waals surface area (Å²) in [5, 5.41) is 3.25. The minimum absolute atomic E-state index is 0.0102. The van der Waals surface area contributed by atoms with Gasteiger partial charge >= 0.3 is 0 Å². The first-order valence-electron chi connectivity index (χ1n) is 8.91. The molecule has 2 aromatic carbocycles. The zero-order valence-corrected chi connectivity index (χ0v) is 17.8. The van der Waals surface area contributed by atoms with E-state index >= 15 is 0 Å². The molecule has 0 bridgehead atoms. The van der Waals surface area contributed by atoms with Crippen LogP contribution in [0.4, 0.5) is 11.6 Å². The highest BCUT2D eigenvalue weighted by atomic mass is 35.5. The van der Waals surface area contributed by atoms with Gasteiger partial charge in [0.05, 0.1) is 4.90 Å². The number of aryl methyl sites for hydroxylation is 2. The second kappa shape index (κ2) is 9.06. The lowest BCUT2D eigenvalue weighted by atomic mass is 10.2. The highest BCUT2D eigenvalue weighted by Gasteiger charge is 2.16. The number of halogens is 1. The monoisotopic (exact) mass is 442 g/mol. The molecule has 0 aliphatic carbocycles. The summed E-state index contributed by atoms with van der Waals surface area (Å²) in [6.45, 7) is 3.51. The van der Waals surface area contributed by atoms with Gasteiger partial charge in [0.2, 0.25) is 11.9 Å². The van der Waals surface area contributed by atoms with Crippen LogP contribution in [0.5, 0.6) is 0 Å². The third-order valence-electron chi connectivity index (χ3n) is 3.92. The first-order chi connectivity index (χ1) is 14.2. The van der Waals surface area contributed by atoms with Crippen molar-refractivity contribution in [2.24, 2.45) is 0 Å². The van der Waals surface area contributed by atoms with Crippen LogP contribution in [0.1, 0.15) is 17.0 Å². The molecular formula is C21H19ClN4O3S. The lowest BCUT2D eigenvalue weighted by Gasteiger charge is -2.09. The van der Waals surface area contributed by atoms with Gasteiger partial charge < -0.3 is 5.32 Å². The quantitative estimate of drug-likeness (QED) is 0.557. The second-order valence-electron chi connectivity index (χ2n) is 6.48. The van der Waals surface area contributed by atoms with E-state index in [2.05, 4.69) is 20.0 Å². The number of amides is 1. The number of nitrogens with one attached hydrogen (secondary N) is 2. The minimum Gasteiger partial charge on any atom is -0.323 e. The summed E-state index contributed by atoms with van der Waals surface area (Å²) >= 11 is 5.91. The molecule has 0 unspecified atom stereocenters. The Morgan fingerprint density at radius 3 is 2.30 bits per heavy atom. The highest BCUT2D eigenvalue weighted by Crippen LogP contribution is 2.17. The highest BCUT2D eigenvalue weighted by molar-refractivity contribution is 7.92. The fraction of sp³-hybridized carbons (Fsp3) is 0.0952. The fourth-order valence-corrected chi connectivity index (χ4v) is 3.78. The maximum atomic E-state index is 12.5. The minimum atomic E-state index is -3.86. The molecule has 0 saturated carbocycles. The van der Waals surface area contributed by atoms with Crippen molar-refractivity contribution in [3.63, 3.8) is 0 Å². The molecule has 0 saturated heterocycles. The molecule has 7 nitrogen and oxygen atoms in total. The maximum absolute atomic E-state index is 12.5. The van der Waals surface area contributed by atoms with Crippen molar-refractivity contribution >= 4 is 45.2 Å². The van der Waals surface area contributed by atoms with Crippen LogP contribution in [0.15, 0.2) is 65.6 Å². The zero-order chi connectivity index (χ0) is 21.7. The first kappa shape index (κ1) is 21.5. The Morgan fingerprint density at radius 1 is 1.00 bits per heavy atom. The van der Waals surface area contributed by atoms with Crippen molar-refractivity contribution in [1.82, 2.24) is 9.97 Å². The smallest absolute Gasteiger partial charge is 0.264 e. The van der Waals surface area contributed by atoms with Crippen LogP contribution in [-0.4, -0.2) is 24.3 Å². The van der Waals surface area contributed by atoms with E-state index in [0.717, 1.165) is 5.56 Å². The Balaban J connectivity index is 1.67. The summed E-state index contributed by atoms with van der Waals surface area (Å²) in [7, 11) is -3.86. The zero-order valence-electron chi connectivity index (χ0n) is 16.3. The number of sulfonamides is 1.